The van der Waals surface area contributed by atoms with Gasteiger partial charge in [0.2, 0.25) is 10.0 Å². The lowest BCUT2D eigenvalue weighted by Gasteiger charge is -2.21. The summed E-state index contributed by atoms with van der Waals surface area (Å²) >= 11 is 0. The van der Waals surface area contributed by atoms with Gasteiger partial charge in [-0.3, -0.25) is 9.40 Å². The normalized spacial score (nSPS) is 17.1. The van der Waals surface area contributed by atoms with Crippen LogP contribution in [-0.2, 0) is 17.1 Å². The lowest BCUT2D eigenvalue weighted by atomic mass is 9.91. The molecule has 0 spiro atoms. The van der Waals surface area contributed by atoms with Crippen LogP contribution in [0.3, 0.4) is 0 Å². The Balaban J connectivity index is 2.11. The first-order valence-corrected chi connectivity index (χ1v) is 8.30. The first-order valence-electron chi connectivity index (χ1n) is 6.65. The van der Waals surface area contributed by atoms with Gasteiger partial charge in [-0.25, -0.2) is 13.2 Å². The lowest BCUT2D eigenvalue weighted by molar-refractivity contribution is 0.0698. The summed E-state index contributed by atoms with van der Waals surface area (Å²) in [5, 5.41) is 12.8. The number of hydrogen-bond donors (Lipinski definition) is 2. The Morgan fingerprint density at radius 2 is 2.10 bits per heavy atom. The van der Waals surface area contributed by atoms with Crippen molar-refractivity contribution >= 4 is 21.8 Å². The smallest absolute Gasteiger partial charge is 0.341 e. The first kappa shape index (κ1) is 14.8. The molecule has 7 nitrogen and oxygen atoms in total. The van der Waals surface area contributed by atoms with Gasteiger partial charge in [-0.2, -0.15) is 5.10 Å². The highest BCUT2D eigenvalue weighted by atomic mass is 32.2. The number of carboxylic acid groups (broad SMARTS) is 1. The quantitative estimate of drug-likeness (QED) is 0.857. The van der Waals surface area contributed by atoms with Crippen LogP contribution in [-0.4, -0.2) is 35.0 Å². The Morgan fingerprint density at radius 1 is 1.45 bits per heavy atom. The van der Waals surface area contributed by atoms with Crippen molar-refractivity contribution in [3.63, 3.8) is 0 Å². The molecule has 0 atom stereocenters. The molecule has 1 fully saturated rings. The number of hydrogen-bond acceptors (Lipinski definition) is 4. The molecule has 0 saturated heterocycles. The van der Waals surface area contributed by atoms with Crippen molar-refractivity contribution in [2.75, 3.05) is 10.5 Å². The molecule has 2 rings (SSSR count). The summed E-state index contributed by atoms with van der Waals surface area (Å²) in [6.07, 6.45) is 6.25. The number of nitrogens with zero attached hydrogens (tertiary/aromatic N) is 2. The Bertz CT molecular complexity index is 588. The minimum atomic E-state index is -3.56. The number of aryl methyl sites for hydroxylation is 1. The van der Waals surface area contributed by atoms with Gasteiger partial charge in [-0.05, 0) is 18.8 Å². The largest absolute Gasteiger partial charge is 0.477 e. The molecule has 0 bridgehead atoms. The fourth-order valence-corrected chi connectivity index (χ4v) is 4.14. The summed E-state index contributed by atoms with van der Waals surface area (Å²) in [5.74, 6) is -0.999. The van der Waals surface area contributed by atoms with Crippen molar-refractivity contribution < 1.29 is 18.3 Å². The molecule has 0 amide bonds. The highest BCUT2D eigenvalue weighted by molar-refractivity contribution is 7.92. The molecule has 1 aromatic rings. The van der Waals surface area contributed by atoms with Crippen LogP contribution in [0.5, 0.6) is 0 Å². The van der Waals surface area contributed by atoms with Gasteiger partial charge in [0.15, 0.2) is 5.82 Å². The molecule has 0 aliphatic heterocycles. The van der Waals surface area contributed by atoms with Gasteiger partial charge in [0.05, 0.1) is 11.9 Å². The maximum Gasteiger partial charge on any atom is 0.341 e. The van der Waals surface area contributed by atoms with Crippen LogP contribution in [0.2, 0.25) is 0 Å². The molecule has 1 aliphatic carbocycles. The third-order valence-electron chi connectivity index (χ3n) is 3.60. The topological polar surface area (TPSA) is 101 Å². The van der Waals surface area contributed by atoms with Crippen molar-refractivity contribution in [2.45, 2.75) is 32.1 Å². The van der Waals surface area contributed by atoms with E-state index in [4.69, 9.17) is 5.11 Å². The molecule has 1 saturated carbocycles. The Kier molecular flexibility index (Phi) is 4.32. The number of sulfonamides is 1. The van der Waals surface area contributed by atoms with Crippen LogP contribution in [0.25, 0.3) is 0 Å². The van der Waals surface area contributed by atoms with Crippen molar-refractivity contribution in [1.29, 1.82) is 0 Å². The molecular weight excluding hydrogens is 282 g/mol. The van der Waals surface area contributed by atoms with Gasteiger partial charge in [0, 0.05) is 7.05 Å². The number of anilines is 1. The van der Waals surface area contributed by atoms with Crippen LogP contribution >= 0.6 is 0 Å². The molecule has 2 N–H and O–H groups in total. The van der Waals surface area contributed by atoms with Crippen molar-refractivity contribution in [1.82, 2.24) is 9.78 Å². The van der Waals surface area contributed by atoms with Crippen LogP contribution in [0.4, 0.5) is 5.82 Å². The maximum absolute atomic E-state index is 12.1. The molecule has 8 heteroatoms. The van der Waals surface area contributed by atoms with Gasteiger partial charge < -0.3 is 5.11 Å². The molecule has 0 radical (unpaired) electrons. The summed E-state index contributed by atoms with van der Waals surface area (Å²) < 4.78 is 27.9. The van der Waals surface area contributed by atoms with Crippen molar-refractivity contribution in [2.24, 2.45) is 13.0 Å². The minimum absolute atomic E-state index is 0.00769. The molecule has 0 unspecified atom stereocenters. The van der Waals surface area contributed by atoms with E-state index < -0.39 is 16.0 Å². The van der Waals surface area contributed by atoms with E-state index in [0.717, 1.165) is 38.3 Å². The van der Waals surface area contributed by atoms with E-state index in [-0.39, 0.29) is 23.1 Å². The summed E-state index contributed by atoms with van der Waals surface area (Å²) in [7, 11) is -2.05. The third-order valence-corrected chi connectivity index (χ3v) is 5.02. The highest BCUT2D eigenvalue weighted by Crippen LogP contribution is 2.26. The maximum atomic E-state index is 12.1. The van der Waals surface area contributed by atoms with E-state index in [9.17, 15) is 13.2 Å². The second kappa shape index (κ2) is 5.82. The summed E-state index contributed by atoms with van der Waals surface area (Å²) in [6.45, 7) is 0. The molecule has 0 aromatic carbocycles. The summed E-state index contributed by atoms with van der Waals surface area (Å²) in [4.78, 5) is 11.0. The van der Waals surface area contributed by atoms with Gasteiger partial charge in [-0.1, -0.05) is 19.3 Å². The van der Waals surface area contributed by atoms with Crippen molar-refractivity contribution in [3.05, 3.63) is 11.8 Å². The van der Waals surface area contributed by atoms with Crippen LogP contribution in [0.1, 0.15) is 42.5 Å². The molecule has 1 aliphatic rings. The first-order chi connectivity index (χ1) is 9.39. The number of nitrogens with one attached hydrogen (secondary N) is 1. The molecule has 112 valence electrons. The zero-order valence-corrected chi connectivity index (χ0v) is 12.2. The van der Waals surface area contributed by atoms with Gasteiger partial charge in [-0.15, -0.1) is 0 Å². The molecule has 1 aromatic heterocycles. The van der Waals surface area contributed by atoms with E-state index in [1.165, 1.54) is 11.7 Å². The molecular formula is C12H19N3O4S. The minimum Gasteiger partial charge on any atom is -0.477 e. The van der Waals surface area contributed by atoms with Crippen LogP contribution in [0, 0.1) is 5.92 Å². The summed E-state index contributed by atoms with van der Waals surface area (Å²) in [6, 6.07) is 0. The van der Waals surface area contributed by atoms with E-state index in [0.29, 0.717) is 0 Å². The Hall–Kier alpha value is -1.57. The number of carbonyl (C=O) groups is 1. The zero-order valence-electron chi connectivity index (χ0n) is 11.4. The number of aromatic nitrogens is 2. The highest BCUT2D eigenvalue weighted by Gasteiger charge is 2.24. The fourth-order valence-electron chi connectivity index (χ4n) is 2.57. The van der Waals surface area contributed by atoms with E-state index in [1.807, 2.05) is 0 Å². The van der Waals surface area contributed by atoms with E-state index in [2.05, 4.69) is 9.82 Å². The Labute approximate surface area is 118 Å². The fraction of sp³-hybridized carbons (Fsp3) is 0.667. The molecule has 20 heavy (non-hydrogen) atoms. The van der Waals surface area contributed by atoms with Gasteiger partial charge in [0.1, 0.15) is 5.56 Å². The predicted octanol–water partition coefficient (Wildman–Crippen LogP) is 1.44. The summed E-state index contributed by atoms with van der Waals surface area (Å²) in [5.41, 5.74) is -0.139. The van der Waals surface area contributed by atoms with Gasteiger partial charge >= 0.3 is 5.97 Å². The van der Waals surface area contributed by atoms with Crippen LogP contribution in [0.15, 0.2) is 6.20 Å². The van der Waals surface area contributed by atoms with Gasteiger partial charge in [0.25, 0.3) is 0 Å². The predicted molar refractivity (Wildman–Crippen MR) is 74.2 cm³/mol. The number of aromatic carboxylic acids is 1. The number of carboxylic acids is 1. The lowest BCUT2D eigenvalue weighted by Crippen LogP contribution is -2.26. The van der Waals surface area contributed by atoms with Crippen LogP contribution < -0.4 is 4.72 Å². The average molecular weight is 301 g/mol. The van der Waals surface area contributed by atoms with Crippen molar-refractivity contribution in [3.8, 4) is 0 Å². The third kappa shape index (κ3) is 3.50. The zero-order chi connectivity index (χ0) is 14.8. The van der Waals surface area contributed by atoms with E-state index >= 15 is 0 Å². The average Bonchev–Trinajstić information content (AvgIpc) is 2.71. The standard InChI is InChI=1S/C12H19N3O4S/c1-15-11(10(7-13-15)12(16)17)14-20(18,19)8-9-5-3-2-4-6-9/h7,9,14H,2-6,8H2,1H3,(H,16,17). The SMILES string of the molecule is Cn1ncc(C(=O)O)c1NS(=O)(=O)CC1CCCCC1. The van der Waals surface area contributed by atoms with E-state index in [1.54, 1.807) is 0 Å². The second-order valence-electron chi connectivity index (χ2n) is 5.22. The monoisotopic (exact) mass is 301 g/mol. The molecule has 1 heterocycles. The Morgan fingerprint density at radius 3 is 2.70 bits per heavy atom. The number of rotatable bonds is 5. The second-order valence-corrected chi connectivity index (χ2v) is 6.99.